The predicted molar refractivity (Wildman–Crippen MR) is 159 cm³/mol. The molecular weight excluding hydrogens is 581 g/mol. The lowest BCUT2D eigenvalue weighted by atomic mass is 9.95. The number of carbonyl (C=O) groups is 2. The van der Waals surface area contributed by atoms with E-state index in [0.29, 0.717) is 26.3 Å². The van der Waals surface area contributed by atoms with Crippen molar-refractivity contribution < 1.29 is 18.0 Å². The van der Waals surface area contributed by atoms with Crippen LogP contribution in [0.5, 0.6) is 0 Å². The summed E-state index contributed by atoms with van der Waals surface area (Å²) in [4.78, 5) is 28.2. The van der Waals surface area contributed by atoms with E-state index >= 15 is 0 Å². The highest BCUT2D eigenvalue weighted by molar-refractivity contribution is 7.92. The van der Waals surface area contributed by atoms with Crippen LogP contribution in [0.3, 0.4) is 0 Å². The number of carbonyl (C=O) groups excluding carboxylic acids is 2. The maximum absolute atomic E-state index is 13.5. The number of sulfonamides is 1. The van der Waals surface area contributed by atoms with Crippen molar-refractivity contribution in [2.45, 2.75) is 77.4 Å². The molecule has 7 nitrogen and oxygen atoms in total. The van der Waals surface area contributed by atoms with Gasteiger partial charge in [-0.25, -0.2) is 8.42 Å². The second-order valence-corrected chi connectivity index (χ2v) is 13.2. The molecule has 0 unspecified atom stereocenters. The van der Waals surface area contributed by atoms with Crippen LogP contribution >= 0.6 is 34.8 Å². The Morgan fingerprint density at radius 2 is 1.72 bits per heavy atom. The highest BCUT2D eigenvalue weighted by Gasteiger charge is 2.29. The summed E-state index contributed by atoms with van der Waals surface area (Å²) in [6.45, 7) is 3.73. The van der Waals surface area contributed by atoms with Gasteiger partial charge in [0.05, 0.1) is 22.0 Å². The standard InChI is InChI=1S/C28H36Cl3N3O4S/c1-19-23(29)11-7-12-26(19)34(39(3,37)38)16-8-13-27(35)33(18-21-14-15-24(30)25(31)17-21)20(2)28(36)32-22-9-5-4-6-10-22/h7,11-12,14-15,17,20,22H,4-6,8-10,13,16,18H2,1-3H3,(H,32,36)/t20-/m0/s1. The molecule has 1 aliphatic carbocycles. The van der Waals surface area contributed by atoms with Crippen LogP contribution in [0.2, 0.25) is 15.1 Å². The van der Waals surface area contributed by atoms with Gasteiger partial charge in [0.25, 0.3) is 0 Å². The van der Waals surface area contributed by atoms with E-state index in [1.165, 1.54) is 15.6 Å². The number of hydrogen-bond donors (Lipinski definition) is 1. The number of nitrogens with one attached hydrogen (secondary N) is 1. The van der Waals surface area contributed by atoms with Crippen molar-refractivity contribution in [3.8, 4) is 0 Å². The topological polar surface area (TPSA) is 86.8 Å². The van der Waals surface area contributed by atoms with Gasteiger partial charge in [0.2, 0.25) is 21.8 Å². The fourth-order valence-electron chi connectivity index (χ4n) is 4.83. The molecule has 1 saturated carbocycles. The third-order valence-corrected chi connectivity index (χ3v) is 9.44. The molecule has 11 heteroatoms. The summed E-state index contributed by atoms with van der Waals surface area (Å²) in [5.41, 5.74) is 1.86. The molecule has 1 atom stereocenters. The molecular formula is C28H36Cl3N3O4S. The van der Waals surface area contributed by atoms with E-state index < -0.39 is 16.1 Å². The molecule has 3 rings (SSSR count). The number of benzene rings is 2. The predicted octanol–water partition coefficient (Wildman–Crippen LogP) is 6.37. The van der Waals surface area contributed by atoms with Crippen molar-refractivity contribution in [3.05, 3.63) is 62.6 Å². The van der Waals surface area contributed by atoms with Crippen LogP contribution in [0.1, 0.15) is 63.0 Å². The second kappa shape index (κ2) is 14.1. The summed E-state index contributed by atoms with van der Waals surface area (Å²) in [5.74, 6) is -0.466. The Morgan fingerprint density at radius 1 is 1.03 bits per heavy atom. The lowest BCUT2D eigenvalue weighted by Gasteiger charge is -2.31. The van der Waals surface area contributed by atoms with Gasteiger partial charge in [0.15, 0.2) is 0 Å². The molecule has 0 heterocycles. The first kappa shape index (κ1) is 31.5. The van der Waals surface area contributed by atoms with E-state index in [1.54, 1.807) is 50.2 Å². The van der Waals surface area contributed by atoms with Crippen molar-refractivity contribution >= 4 is 62.3 Å². The summed E-state index contributed by atoms with van der Waals surface area (Å²) in [7, 11) is -3.62. The Labute approximate surface area is 246 Å². The summed E-state index contributed by atoms with van der Waals surface area (Å²) < 4.78 is 26.5. The van der Waals surface area contributed by atoms with Crippen LogP contribution in [0.15, 0.2) is 36.4 Å². The van der Waals surface area contributed by atoms with Gasteiger partial charge in [0, 0.05) is 30.6 Å². The molecule has 1 N–H and O–H groups in total. The van der Waals surface area contributed by atoms with Crippen molar-refractivity contribution in [2.75, 3.05) is 17.1 Å². The highest BCUT2D eigenvalue weighted by atomic mass is 35.5. The lowest BCUT2D eigenvalue weighted by Crippen LogP contribution is -2.50. The van der Waals surface area contributed by atoms with E-state index in [9.17, 15) is 18.0 Å². The Balaban J connectivity index is 1.76. The fourth-order valence-corrected chi connectivity index (χ4v) is 6.34. The van der Waals surface area contributed by atoms with Crippen LogP contribution in [0.4, 0.5) is 5.69 Å². The number of anilines is 1. The molecule has 39 heavy (non-hydrogen) atoms. The molecule has 0 aromatic heterocycles. The van der Waals surface area contributed by atoms with Gasteiger partial charge in [-0.05, 0) is 68.5 Å². The average Bonchev–Trinajstić information content (AvgIpc) is 2.88. The second-order valence-electron chi connectivity index (χ2n) is 10.1. The fraction of sp³-hybridized carbons (Fsp3) is 0.500. The normalized spacial score (nSPS) is 15.0. The van der Waals surface area contributed by atoms with E-state index in [1.807, 2.05) is 0 Å². The number of halogens is 3. The monoisotopic (exact) mass is 615 g/mol. The zero-order chi connectivity index (χ0) is 28.7. The van der Waals surface area contributed by atoms with Gasteiger partial charge < -0.3 is 10.2 Å². The largest absolute Gasteiger partial charge is 0.352 e. The minimum absolute atomic E-state index is 0.0496. The van der Waals surface area contributed by atoms with Crippen molar-refractivity contribution in [1.82, 2.24) is 10.2 Å². The van der Waals surface area contributed by atoms with Gasteiger partial charge in [-0.2, -0.15) is 0 Å². The van der Waals surface area contributed by atoms with E-state index in [4.69, 9.17) is 34.8 Å². The van der Waals surface area contributed by atoms with Crippen molar-refractivity contribution in [3.63, 3.8) is 0 Å². The van der Waals surface area contributed by atoms with Crippen LogP contribution in [-0.4, -0.2) is 50.0 Å². The van der Waals surface area contributed by atoms with Crippen molar-refractivity contribution in [1.29, 1.82) is 0 Å². The van der Waals surface area contributed by atoms with Crippen molar-refractivity contribution in [2.24, 2.45) is 0 Å². The third kappa shape index (κ3) is 8.74. The van der Waals surface area contributed by atoms with Crippen LogP contribution in [0.25, 0.3) is 0 Å². The summed E-state index contributed by atoms with van der Waals surface area (Å²) in [6.07, 6.45) is 6.63. The minimum atomic E-state index is -3.62. The molecule has 0 saturated heterocycles. The quantitative estimate of drug-likeness (QED) is 0.318. The number of rotatable bonds is 11. The lowest BCUT2D eigenvalue weighted by molar-refractivity contribution is -0.141. The molecule has 214 valence electrons. The zero-order valence-electron chi connectivity index (χ0n) is 22.6. The first-order valence-electron chi connectivity index (χ1n) is 13.1. The first-order chi connectivity index (χ1) is 18.4. The average molecular weight is 617 g/mol. The van der Waals surface area contributed by atoms with Gasteiger partial charge in [-0.1, -0.05) is 66.2 Å². The van der Waals surface area contributed by atoms with E-state index in [0.717, 1.165) is 37.5 Å². The smallest absolute Gasteiger partial charge is 0.242 e. The molecule has 0 spiro atoms. The molecule has 0 radical (unpaired) electrons. The molecule has 1 fully saturated rings. The molecule has 2 aromatic carbocycles. The van der Waals surface area contributed by atoms with Gasteiger partial charge >= 0.3 is 0 Å². The van der Waals surface area contributed by atoms with Gasteiger partial charge in [0.1, 0.15) is 6.04 Å². The van der Waals surface area contributed by atoms with Crippen LogP contribution < -0.4 is 9.62 Å². The third-order valence-electron chi connectivity index (χ3n) is 7.12. The Kier molecular flexibility index (Phi) is 11.4. The van der Waals surface area contributed by atoms with E-state index in [-0.39, 0.29) is 43.8 Å². The Hall–Kier alpha value is -2.00. The van der Waals surface area contributed by atoms with E-state index in [2.05, 4.69) is 5.32 Å². The maximum Gasteiger partial charge on any atom is 0.242 e. The molecule has 1 aliphatic rings. The molecule has 0 bridgehead atoms. The first-order valence-corrected chi connectivity index (χ1v) is 16.1. The minimum Gasteiger partial charge on any atom is -0.352 e. The molecule has 2 aromatic rings. The number of nitrogens with zero attached hydrogens (tertiary/aromatic N) is 2. The number of amides is 2. The highest BCUT2D eigenvalue weighted by Crippen LogP contribution is 2.29. The van der Waals surface area contributed by atoms with Crippen LogP contribution in [-0.2, 0) is 26.2 Å². The Bertz CT molecular complexity index is 1280. The summed E-state index contributed by atoms with van der Waals surface area (Å²) in [6, 6.07) is 9.58. The van der Waals surface area contributed by atoms with Gasteiger partial charge in [-0.3, -0.25) is 13.9 Å². The maximum atomic E-state index is 13.5. The SMILES string of the molecule is Cc1c(Cl)cccc1N(CCCC(=O)N(Cc1ccc(Cl)c(Cl)c1)[C@@H](C)C(=O)NC1CCCCC1)S(C)(=O)=O. The molecule has 2 amide bonds. The van der Waals surface area contributed by atoms with Crippen LogP contribution in [0, 0.1) is 6.92 Å². The zero-order valence-corrected chi connectivity index (χ0v) is 25.6. The number of hydrogen-bond acceptors (Lipinski definition) is 4. The Morgan fingerprint density at radius 3 is 2.36 bits per heavy atom. The van der Waals surface area contributed by atoms with Gasteiger partial charge in [-0.15, -0.1) is 0 Å². The molecule has 0 aliphatic heterocycles. The summed E-state index contributed by atoms with van der Waals surface area (Å²) >= 11 is 18.5. The summed E-state index contributed by atoms with van der Waals surface area (Å²) in [5, 5.41) is 4.33.